The van der Waals surface area contributed by atoms with Crippen LogP contribution in [0.15, 0.2) is 20.5 Å². The molecule has 0 aromatic carbocycles. The largest absolute Gasteiger partial charge is 0.170 e. The van der Waals surface area contributed by atoms with Crippen LogP contribution in [0.1, 0.15) is 0 Å². The first-order chi connectivity index (χ1) is 3.00. The molecule has 0 fully saturated rings. The lowest BCUT2D eigenvalue weighted by Gasteiger charge is -1.07. The average Bonchev–Trinajstić information content (AvgIpc) is 2.31. The van der Waals surface area contributed by atoms with E-state index >= 15 is 0 Å². The van der Waals surface area contributed by atoms with Gasteiger partial charge in [-0.1, -0.05) is 0 Å². The molecule has 4 heteroatoms. The van der Waals surface area contributed by atoms with Crippen LogP contribution in [0.5, 0.6) is 0 Å². The van der Waals surface area contributed by atoms with Crippen molar-refractivity contribution < 1.29 is 0 Å². The van der Waals surface area contributed by atoms with Gasteiger partial charge in [-0.2, -0.15) is 20.5 Å². The molecule has 0 aromatic heterocycles. The summed E-state index contributed by atoms with van der Waals surface area (Å²) in [5, 5.41) is 13.5. The van der Waals surface area contributed by atoms with Crippen molar-refractivity contribution in [3.63, 3.8) is 0 Å². The van der Waals surface area contributed by atoms with Gasteiger partial charge in [0.15, 0.2) is 13.3 Å². The molecule has 0 aliphatic carbocycles. The van der Waals surface area contributed by atoms with E-state index in [1.54, 1.807) is 0 Å². The van der Waals surface area contributed by atoms with Gasteiger partial charge in [0.05, 0.1) is 0 Å². The van der Waals surface area contributed by atoms with Crippen LogP contribution in [0.3, 0.4) is 0 Å². The molecule has 6 heavy (non-hydrogen) atoms. The van der Waals surface area contributed by atoms with Gasteiger partial charge >= 0.3 is 0 Å². The van der Waals surface area contributed by atoms with Gasteiger partial charge in [-0.15, -0.1) is 0 Å². The highest BCUT2D eigenvalue weighted by molar-refractivity contribution is 4.37. The molecule has 0 spiro atoms. The van der Waals surface area contributed by atoms with Crippen molar-refractivity contribution in [2.24, 2.45) is 20.5 Å². The van der Waals surface area contributed by atoms with Gasteiger partial charge < -0.3 is 0 Å². The minimum atomic E-state index is 0.750. The Morgan fingerprint density at radius 3 is 0.833 bits per heavy atom. The Bertz CT molecular complexity index is 63.5. The Kier molecular flexibility index (Phi) is 0.899. The fraction of sp³-hybridized carbons (Fsp3) is 1.00. The Balaban J connectivity index is 0.0000000600. The molecule has 0 bridgehead atoms. The van der Waals surface area contributed by atoms with Crippen LogP contribution in [-0.4, -0.2) is 13.3 Å². The smallest absolute Gasteiger partial charge is 0.166 e. The van der Waals surface area contributed by atoms with Crippen molar-refractivity contribution in [3.8, 4) is 0 Å². The van der Waals surface area contributed by atoms with Crippen LogP contribution in [0.4, 0.5) is 0 Å². The van der Waals surface area contributed by atoms with E-state index in [0.717, 1.165) is 13.3 Å². The molecule has 0 N–H and O–H groups in total. The van der Waals surface area contributed by atoms with E-state index in [1.165, 1.54) is 0 Å². The molecular formula is C2H4N4. The van der Waals surface area contributed by atoms with Crippen molar-refractivity contribution in [3.05, 3.63) is 0 Å². The van der Waals surface area contributed by atoms with Crippen molar-refractivity contribution >= 4 is 0 Å². The highest BCUT2D eigenvalue weighted by Gasteiger charge is 1.78. The SMILES string of the molecule is C1N=N1.C1N=N1. The topological polar surface area (TPSA) is 49.4 Å². The van der Waals surface area contributed by atoms with Gasteiger partial charge in [-0.3, -0.25) is 0 Å². The number of hydrogen-bond donors (Lipinski definition) is 0. The molecule has 0 amide bonds. The third kappa shape index (κ3) is 10.8. The summed E-state index contributed by atoms with van der Waals surface area (Å²) in [7, 11) is 0. The lowest BCUT2D eigenvalue weighted by Crippen LogP contribution is -1.17. The third-order valence-corrected chi connectivity index (χ3v) is 0.283. The molecule has 2 heterocycles. The summed E-state index contributed by atoms with van der Waals surface area (Å²) in [6.07, 6.45) is 0. The van der Waals surface area contributed by atoms with Crippen molar-refractivity contribution in [2.45, 2.75) is 0 Å². The fourth-order valence-corrected chi connectivity index (χ4v) is 0. The van der Waals surface area contributed by atoms with Gasteiger partial charge in [0.25, 0.3) is 0 Å². The molecule has 0 aromatic rings. The molecular weight excluding hydrogens is 80.1 g/mol. The van der Waals surface area contributed by atoms with E-state index in [9.17, 15) is 0 Å². The fourth-order valence-electron chi connectivity index (χ4n) is 0. The minimum absolute atomic E-state index is 0.750. The van der Waals surface area contributed by atoms with Crippen LogP contribution in [0.25, 0.3) is 0 Å². The Morgan fingerprint density at radius 1 is 0.667 bits per heavy atom. The van der Waals surface area contributed by atoms with Crippen molar-refractivity contribution in [1.82, 2.24) is 0 Å². The lowest BCUT2D eigenvalue weighted by molar-refractivity contribution is 1.52. The molecule has 2 aliphatic rings. The predicted molar refractivity (Wildman–Crippen MR) is 19.4 cm³/mol. The average molecular weight is 84.1 g/mol. The monoisotopic (exact) mass is 84.0 g/mol. The van der Waals surface area contributed by atoms with Gasteiger partial charge in [-0.05, 0) is 0 Å². The number of hydrogen-bond acceptors (Lipinski definition) is 4. The van der Waals surface area contributed by atoms with Crippen LogP contribution >= 0.6 is 0 Å². The maximum Gasteiger partial charge on any atom is 0.170 e. The van der Waals surface area contributed by atoms with E-state index in [-0.39, 0.29) is 0 Å². The molecule has 0 saturated carbocycles. The van der Waals surface area contributed by atoms with E-state index in [4.69, 9.17) is 0 Å². The van der Waals surface area contributed by atoms with Crippen LogP contribution in [-0.2, 0) is 0 Å². The van der Waals surface area contributed by atoms with Crippen molar-refractivity contribution in [1.29, 1.82) is 0 Å². The number of rotatable bonds is 0. The third-order valence-electron chi connectivity index (χ3n) is 0.283. The summed E-state index contributed by atoms with van der Waals surface area (Å²) >= 11 is 0. The summed E-state index contributed by atoms with van der Waals surface area (Å²) < 4.78 is 0. The first-order valence-electron chi connectivity index (χ1n) is 1.66. The lowest BCUT2D eigenvalue weighted by atomic mass is 11.4. The molecule has 0 radical (unpaired) electrons. The van der Waals surface area contributed by atoms with Crippen molar-refractivity contribution in [2.75, 3.05) is 13.3 Å². The molecule has 2 aliphatic heterocycles. The standard InChI is InChI=1S/2CH2N2/c2*1-2-3-1/h2*1H2. The molecule has 0 unspecified atom stereocenters. The first-order valence-corrected chi connectivity index (χ1v) is 1.66. The molecule has 0 atom stereocenters. The highest BCUT2D eigenvalue weighted by Crippen LogP contribution is 1.86. The Labute approximate surface area is 35.0 Å². The summed E-state index contributed by atoms with van der Waals surface area (Å²) in [5.74, 6) is 0. The Hall–Kier alpha value is -0.800. The zero-order valence-corrected chi connectivity index (χ0v) is 3.20. The molecule has 32 valence electrons. The van der Waals surface area contributed by atoms with E-state index in [1.807, 2.05) is 0 Å². The van der Waals surface area contributed by atoms with Gasteiger partial charge in [0, 0.05) is 0 Å². The summed E-state index contributed by atoms with van der Waals surface area (Å²) in [5.41, 5.74) is 0. The summed E-state index contributed by atoms with van der Waals surface area (Å²) in [6, 6.07) is 0. The second kappa shape index (κ2) is 1.59. The minimum Gasteiger partial charge on any atom is -0.166 e. The molecule has 2 rings (SSSR count). The quantitative estimate of drug-likeness (QED) is 0.417. The maximum atomic E-state index is 3.38. The first kappa shape index (κ1) is 3.39. The summed E-state index contributed by atoms with van der Waals surface area (Å²) in [6.45, 7) is 1.50. The summed E-state index contributed by atoms with van der Waals surface area (Å²) in [4.78, 5) is 0. The zero-order chi connectivity index (χ0) is 4.24. The second-order valence-electron chi connectivity index (χ2n) is 0.849. The van der Waals surface area contributed by atoms with Gasteiger partial charge in [0.1, 0.15) is 0 Å². The molecule has 4 nitrogen and oxygen atoms in total. The number of nitrogens with zero attached hydrogens (tertiary/aromatic N) is 4. The van der Waals surface area contributed by atoms with Crippen LogP contribution < -0.4 is 0 Å². The van der Waals surface area contributed by atoms with E-state index in [0.29, 0.717) is 0 Å². The van der Waals surface area contributed by atoms with Gasteiger partial charge in [0.2, 0.25) is 0 Å². The van der Waals surface area contributed by atoms with E-state index < -0.39 is 0 Å². The Morgan fingerprint density at radius 2 is 0.833 bits per heavy atom. The highest BCUT2D eigenvalue weighted by atomic mass is 15.3. The van der Waals surface area contributed by atoms with E-state index in [2.05, 4.69) is 20.5 Å². The molecule has 0 saturated heterocycles. The van der Waals surface area contributed by atoms with Crippen LogP contribution in [0, 0.1) is 0 Å². The predicted octanol–water partition coefficient (Wildman–Crippen LogP) is 0.819. The van der Waals surface area contributed by atoms with Gasteiger partial charge in [-0.25, -0.2) is 0 Å². The van der Waals surface area contributed by atoms with Crippen LogP contribution in [0.2, 0.25) is 0 Å². The zero-order valence-electron chi connectivity index (χ0n) is 3.20. The second-order valence-corrected chi connectivity index (χ2v) is 0.849. The maximum absolute atomic E-state index is 3.38. The normalized spacial score (nSPS) is 18.7.